The summed E-state index contributed by atoms with van der Waals surface area (Å²) in [5.74, 6) is -0.0388. The summed E-state index contributed by atoms with van der Waals surface area (Å²) in [6.45, 7) is 10.4. The van der Waals surface area contributed by atoms with Gasteiger partial charge in [-0.2, -0.15) is 0 Å². The van der Waals surface area contributed by atoms with Crippen LogP contribution in [0.1, 0.15) is 44.0 Å². The number of rotatable bonds is 10. The van der Waals surface area contributed by atoms with Crippen LogP contribution in [0.25, 0.3) is 0 Å². The molecule has 0 fully saturated rings. The standard InChI is InChI=1S/C17H27NO4/c1-4-11-21-14-8-9-15(16(19)13-14)17(20)22-12-7-10-18(5-2)6-3/h8-9,13,19H,4-7,10-12H2,1-3H3/p+1. The van der Waals surface area contributed by atoms with Gasteiger partial charge in [-0.3, -0.25) is 0 Å². The number of hydrogen-bond donors (Lipinski definition) is 2. The molecule has 0 amide bonds. The number of benzene rings is 1. The van der Waals surface area contributed by atoms with Crippen LogP contribution in [0, 0.1) is 0 Å². The molecule has 1 aromatic carbocycles. The van der Waals surface area contributed by atoms with E-state index in [-0.39, 0.29) is 11.3 Å². The van der Waals surface area contributed by atoms with E-state index in [0.717, 1.165) is 32.5 Å². The summed E-state index contributed by atoms with van der Waals surface area (Å²) in [5, 5.41) is 9.90. The number of aromatic hydroxyl groups is 1. The van der Waals surface area contributed by atoms with E-state index < -0.39 is 5.97 Å². The molecule has 5 heteroatoms. The van der Waals surface area contributed by atoms with Crippen molar-refractivity contribution in [3.05, 3.63) is 23.8 Å². The lowest BCUT2D eigenvalue weighted by atomic mass is 10.2. The molecule has 0 saturated carbocycles. The van der Waals surface area contributed by atoms with Crippen molar-refractivity contribution in [1.29, 1.82) is 0 Å². The van der Waals surface area contributed by atoms with Crippen molar-refractivity contribution < 1.29 is 24.3 Å². The fraction of sp³-hybridized carbons (Fsp3) is 0.588. The van der Waals surface area contributed by atoms with Gasteiger partial charge in [0.1, 0.15) is 17.1 Å². The number of esters is 1. The average Bonchev–Trinajstić information content (AvgIpc) is 2.53. The number of ether oxygens (including phenoxy) is 2. The lowest BCUT2D eigenvalue weighted by molar-refractivity contribution is -0.896. The zero-order valence-electron chi connectivity index (χ0n) is 13.9. The number of nitrogens with one attached hydrogen (secondary N) is 1. The average molecular weight is 310 g/mol. The van der Waals surface area contributed by atoms with E-state index in [0.29, 0.717) is 19.0 Å². The summed E-state index contributed by atoms with van der Waals surface area (Å²) in [6.07, 6.45) is 1.71. The van der Waals surface area contributed by atoms with Crippen LogP contribution in [0.3, 0.4) is 0 Å². The summed E-state index contributed by atoms with van der Waals surface area (Å²) in [4.78, 5) is 13.4. The quantitative estimate of drug-likeness (QED) is 0.510. The molecular formula is C17H28NO4+. The third-order valence-electron chi connectivity index (χ3n) is 3.57. The molecule has 0 aliphatic heterocycles. The van der Waals surface area contributed by atoms with Crippen LogP contribution < -0.4 is 9.64 Å². The van der Waals surface area contributed by atoms with Gasteiger partial charge in [-0.1, -0.05) is 6.92 Å². The van der Waals surface area contributed by atoms with Gasteiger partial charge in [-0.25, -0.2) is 4.79 Å². The molecule has 0 aliphatic rings. The Kier molecular flexibility index (Phi) is 8.36. The first-order chi connectivity index (χ1) is 10.6. The van der Waals surface area contributed by atoms with Gasteiger partial charge in [0.15, 0.2) is 0 Å². The Labute approximate surface area is 132 Å². The van der Waals surface area contributed by atoms with Gasteiger partial charge in [0.05, 0.1) is 32.8 Å². The number of phenols is 1. The van der Waals surface area contributed by atoms with Gasteiger partial charge in [0.2, 0.25) is 0 Å². The van der Waals surface area contributed by atoms with Crippen LogP contribution in [-0.4, -0.2) is 43.9 Å². The molecular weight excluding hydrogens is 282 g/mol. The number of hydrogen-bond acceptors (Lipinski definition) is 4. The molecule has 1 aromatic rings. The SMILES string of the molecule is CCCOc1ccc(C(=O)OCCC[NH+](CC)CC)c(O)c1. The first-order valence-electron chi connectivity index (χ1n) is 8.08. The Balaban J connectivity index is 2.45. The predicted molar refractivity (Wildman–Crippen MR) is 85.7 cm³/mol. The zero-order chi connectivity index (χ0) is 16.4. The molecule has 22 heavy (non-hydrogen) atoms. The van der Waals surface area contributed by atoms with Crippen LogP contribution in [0.2, 0.25) is 0 Å². The number of carbonyl (C=O) groups is 1. The maximum absolute atomic E-state index is 11.9. The van der Waals surface area contributed by atoms with E-state index in [4.69, 9.17) is 9.47 Å². The van der Waals surface area contributed by atoms with Gasteiger partial charge in [0.25, 0.3) is 0 Å². The first-order valence-corrected chi connectivity index (χ1v) is 8.08. The van der Waals surface area contributed by atoms with Gasteiger partial charge >= 0.3 is 5.97 Å². The van der Waals surface area contributed by atoms with E-state index in [1.54, 1.807) is 6.07 Å². The molecule has 0 radical (unpaired) electrons. The Bertz CT molecular complexity index is 458. The minimum atomic E-state index is -0.492. The summed E-state index contributed by atoms with van der Waals surface area (Å²) in [6, 6.07) is 4.66. The zero-order valence-corrected chi connectivity index (χ0v) is 13.9. The highest BCUT2D eigenvalue weighted by molar-refractivity contribution is 5.92. The minimum absolute atomic E-state index is 0.104. The van der Waals surface area contributed by atoms with E-state index in [9.17, 15) is 9.90 Å². The highest BCUT2D eigenvalue weighted by atomic mass is 16.5. The maximum Gasteiger partial charge on any atom is 0.341 e. The second-order valence-electron chi connectivity index (χ2n) is 5.22. The summed E-state index contributed by atoms with van der Waals surface area (Å²) >= 11 is 0. The molecule has 1 rings (SSSR count). The van der Waals surface area contributed by atoms with Crippen LogP contribution in [0.5, 0.6) is 11.5 Å². The van der Waals surface area contributed by atoms with Crippen molar-refractivity contribution >= 4 is 5.97 Å². The molecule has 0 heterocycles. The fourth-order valence-corrected chi connectivity index (χ4v) is 2.16. The normalized spacial score (nSPS) is 10.7. The van der Waals surface area contributed by atoms with Crippen molar-refractivity contribution in [2.24, 2.45) is 0 Å². The highest BCUT2D eigenvalue weighted by Crippen LogP contribution is 2.24. The van der Waals surface area contributed by atoms with Crippen LogP contribution >= 0.6 is 0 Å². The largest absolute Gasteiger partial charge is 0.507 e. The molecule has 5 nitrogen and oxygen atoms in total. The van der Waals surface area contributed by atoms with Gasteiger partial charge < -0.3 is 19.5 Å². The molecule has 0 saturated heterocycles. The molecule has 0 aliphatic carbocycles. The molecule has 0 atom stereocenters. The summed E-state index contributed by atoms with van der Waals surface area (Å²) < 4.78 is 10.6. The molecule has 124 valence electrons. The maximum atomic E-state index is 11.9. The highest BCUT2D eigenvalue weighted by Gasteiger charge is 2.14. The van der Waals surface area contributed by atoms with E-state index >= 15 is 0 Å². The predicted octanol–water partition coefficient (Wildman–Crippen LogP) is 1.65. The van der Waals surface area contributed by atoms with Gasteiger partial charge in [-0.15, -0.1) is 0 Å². The van der Waals surface area contributed by atoms with E-state index in [1.165, 1.54) is 17.0 Å². The van der Waals surface area contributed by atoms with Gasteiger partial charge in [0, 0.05) is 12.5 Å². The number of quaternary nitrogens is 1. The van der Waals surface area contributed by atoms with Crippen molar-refractivity contribution in [1.82, 2.24) is 0 Å². The van der Waals surface area contributed by atoms with Crippen LogP contribution in [0.4, 0.5) is 0 Å². The molecule has 2 N–H and O–H groups in total. The summed E-state index contributed by atoms with van der Waals surface area (Å²) in [5.41, 5.74) is 0.180. The van der Waals surface area contributed by atoms with E-state index in [1.807, 2.05) is 6.92 Å². The molecule has 0 unspecified atom stereocenters. The molecule has 0 spiro atoms. The molecule has 0 bridgehead atoms. The topological polar surface area (TPSA) is 60.2 Å². The van der Waals surface area contributed by atoms with Crippen molar-refractivity contribution in [2.75, 3.05) is 32.8 Å². The van der Waals surface area contributed by atoms with Crippen molar-refractivity contribution in [3.63, 3.8) is 0 Å². The van der Waals surface area contributed by atoms with Crippen molar-refractivity contribution in [2.45, 2.75) is 33.6 Å². The third-order valence-corrected chi connectivity index (χ3v) is 3.57. The third kappa shape index (κ3) is 5.93. The second kappa shape index (κ2) is 10.1. The Morgan fingerprint density at radius 2 is 1.91 bits per heavy atom. The molecule has 0 aromatic heterocycles. The van der Waals surface area contributed by atoms with Gasteiger partial charge in [-0.05, 0) is 32.4 Å². The fourth-order valence-electron chi connectivity index (χ4n) is 2.16. The Morgan fingerprint density at radius 3 is 2.50 bits per heavy atom. The second-order valence-corrected chi connectivity index (χ2v) is 5.22. The Hall–Kier alpha value is -1.75. The first kappa shape index (κ1) is 18.3. The lowest BCUT2D eigenvalue weighted by Crippen LogP contribution is -3.11. The Morgan fingerprint density at radius 1 is 1.18 bits per heavy atom. The minimum Gasteiger partial charge on any atom is -0.507 e. The van der Waals surface area contributed by atoms with Crippen LogP contribution in [-0.2, 0) is 4.74 Å². The number of carbonyl (C=O) groups excluding carboxylic acids is 1. The lowest BCUT2D eigenvalue weighted by Gasteiger charge is -2.15. The van der Waals surface area contributed by atoms with E-state index in [2.05, 4.69) is 13.8 Å². The van der Waals surface area contributed by atoms with Crippen LogP contribution in [0.15, 0.2) is 18.2 Å². The smallest absolute Gasteiger partial charge is 0.341 e. The summed E-state index contributed by atoms with van der Waals surface area (Å²) in [7, 11) is 0. The van der Waals surface area contributed by atoms with Crippen molar-refractivity contribution in [3.8, 4) is 11.5 Å². The number of phenolic OH excluding ortho intramolecular Hbond substituents is 1. The monoisotopic (exact) mass is 310 g/mol.